The van der Waals surface area contributed by atoms with E-state index in [1.54, 1.807) is 31.8 Å². The Hall–Kier alpha value is -3.22. The Morgan fingerprint density at radius 1 is 1.38 bits per heavy atom. The topological polar surface area (TPSA) is 86.7 Å². The third-order valence-electron chi connectivity index (χ3n) is 5.24. The molecule has 2 aliphatic rings. The minimum atomic E-state index is -0.612. The summed E-state index contributed by atoms with van der Waals surface area (Å²) in [5.74, 6) is 0.847. The average Bonchev–Trinajstić information content (AvgIpc) is 3.42. The number of aromatic hydroxyl groups is 1. The number of aromatic nitrogens is 1. The molecule has 0 saturated heterocycles. The number of carbonyl (C=O) groups excluding carboxylic acids is 1. The number of rotatable bonds is 6. The largest absolute Gasteiger partial charge is 0.507 e. The molecule has 7 heteroatoms. The number of ether oxygens (including phenoxy) is 1. The lowest BCUT2D eigenvalue weighted by Gasteiger charge is -2.29. The fourth-order valence-corrected chi connectivity index (χ4v) is 3.55. The highest BCUT2D eigenvalue weighted by molar-refractivity contribution is 5.95. The van der Waals surface area contributed by atoms with Crippen LogP contribution in [0.25, 0.3) is 5.70 Å². The van der Waals surface area contributed by atoms with Crippen LogP contribution in [0.4, 0.5) is 5.69 Å². The van der Waals surface area contributed by atoms with Gasteiger partial charge in [0.05, 0.1) is 24.7 Å². The molecule has 29 heavy (non-hydrogen) atoms. The van der Waals surface area contributed by atoms with E-state index in [2.05, 4.69) is 29.5 Å². The molecule has 1 aromatic carbocycles. The molecule has 2 heterocycles. The molecule has 0 bridgehead atoms. The van der Waals surface area contributed by atoms with Gasteiger partial charge in [0.15, 0.2) is 6.17 Å². The predicted octanol–water partition coefficient (Wildman–Crippen LogP) is 2.93. The quantitative estimate of drug-likeness (QED) is 0.698. The van der Waals surface area contributed by atoms with Gasteiger partial charge in [0.1, 0.15) is 11.5 Å². The van der Waals surface area contributed by atoms with E-state index in [0.29, 0.717) is 17.0 Å². The molecule has 0 radical (unpaired) electrons. The van der Waals surface area contributed by atoms with Gasteiger partial charge in [0.25, 0.3) is 5.91 Å². The number of pyridine rings is 1. The lowest BCUT2D eigenvalue weighted by Crippen LogP contribution is -2.50. The maximum Gasteiger partial charge on any atom is 0.264 e. The first-order chi connectivity index (χ1) is 14.0. The van der Waals surface area contributed by atoms with E-state index >= 15 is 0 Å². The number of amides is 1. The Bertz CT molecular complexity index is 939. The van der Waals surface area contributed by atoms with Crippen molar-refractivity contribution in [2.45, 2.75) is 44.8 Å². The van der Waals surface area contributed by atoms with E-state index in [9.17, 15) is 9.90 Å². The van der Waals surface area contributed by atoms with Gasteiger partial charge in [0, 0.05) is 30.1 Å². The maximum absolute atomic E-state index is 12.9. The maximum atomic E-state index is 12.9. The summed E-state index contributed by atoms with van der Waals surface area (Å²) in [4.78, 5) is 18.9. The molecule has 4 rings (SSSR count). The molecular weight excluding hydrogens is 368 g/mol. The zero-order valence-electron chi connectivity index (χ0n) is 16.8. The number of hydrogen-bond donors (Lipinski definition) is 3. The number of hydrogen-bond acceptors (Lipinski definition) is 6. The van der Waals surface area contributed by atoms with Gasteiger partial charge in [-0.3, -0.25) is 9.78 Å². The standard InChI is InChI=1S/C22H26N4O3/c1-13(2)16-9-17(19(27)10-20(16)29-3)18-12-24-21(22(28)25-14-6-7-14)26(18)15-5-4-8-23-11-15/h4-5,8-14,21,24,27H,6-7H2,1-3H3,(H,25,28). The van der Waals surface area contributed by atoms with Crippen molar-refractivity contribution in [3.63, 3.8) is 0 Å². The van der Waals surface area contributed by atoms with Gasteiger partial charge in [-0.1, -0.05) is 13.8 Å². The number of carbonyl (C=O) groups is 1. The number of benzene rings is 1. The third-order valence-corrected chi connectivity index (χ3v) is 5.24. The van der Waals surface area contributed by atoms with Crippen LogP contribution < -0.4 is 20.3 Å². The molecule has 1 fully saturated rings. The highest BCUT2D eigenvalue weighted by Gasteiger charge is 2.37. The fraction of sp³-hybridized carbons (Fsp3) is 0.364. The van der Waals surface area contributed by atoms with E-state index in [0.717, 1.165) is 24.1 Å². The summed E-state index contributed by atoms with van der Waals surface area (Å²) >= 11 is 0. The summed E-state index contributed by atoms with van der Waals surface area (Å²) in [6.07, 6.45) is 6.60. The van der Waals surface area contributed by atoms with Crippen LogP contribution in [0.2, 0.25) is 0 Å². The summed E-state index contributed by atoms with van der Waals surface area (Å²) < 4.78 is 5.44. The number of nitrogens with zero attached hydrogens (tertiary/aromatic N) is 2. The SMILES string of the molecule is COc1cc(O)c(C2=CNC(C(=O)NC3CC3)N2c2cccnc2)cc1C(C)C. The zero-order chi connectivity index (χ0) is 20.5. The first kappa shape index (κ1) is 19.1. The highest BCUT2D eigenvalue weighted by atomic mass is 16.5. The minimum Gasteiger partial charge on any atom is -0.507 e. The molecular formula is C22H26N4O3. The van der Waals surface area contributed by atoms with E-state index < -0.39 is 6.17 Å². The second kappa shape index (κ2) is 7.66. The molecule has 7 nitrogen and oxygen atoms in total. The Morgan fingerprint density at radius 3 is 2.79 bits per heavy atom. The highest BCUT2D eigenvalue weighted by Crippen LogP contribution is 2.40. The summed E-state index contributed by atoms with van der Waals surface area (Å²) in [5.41, 5.74) is 3.09. The average molecular weight is 394 g/mol. The van der Waals surface area contributed by atoms with Crippen molar-refractivity contribution in [2.24, 2.45) is 0 Å². The molecule has 1 aromatic heterocycles. The van der Waals surface area contributed by atoms with Crippen LogP contribution in [-0.2, 0) is 4.79 Å². The van der Waals surface area contributed by atoms with Crippen molar-refractivity contribution in [3.05, 3.63) is 54.0 Å². The van der Waals surface area contributed by atoms with E-state index in [4.69, 9.17) is 4.74 Å². The number of anilines is 1. The molecule has 1 saturated carbocycles. The van der Waals surface area contributed by atoms with E-state index in [1.165, 1.54) is 0 Å². The van der Waals surface area contributed by atoms with Crippen molar-refractivity contribution in [3.8, 4) is 11.5 Å². The lowest BCUT2D eigenvalue weighted by atomic mass is 9.97. The van der Waals surface area contributed by atoms with Crippen molar-refractivity contribution >= 4 is 17.3 Å². The van der Waals surface area contributed by atoms with Crippen molar-refractivity contribution < 1.29 is 14.6 Å². The van der Waals surface area contributed by atoms with Crippen LogP contribution in [-0.4, -0.2) is 35.3 Å². The van der Waals surface area contributed by atoms with Crippen molar-refractivity contribution in [1.82, 2.24) is 15.6 Å². The molecule has 1 aliphatic heterocycles. The lowest BCUT2D eigenvalue weighted by molar-refractivity contribution is -0.122. The van der Waals surface area contributed by atoms with Gasteiger partial charge >= 0.3 is 0 Å². The first-order valence-electron chi connectivity index (χ1n) is 9.86. The zero-order valence-corrected chi connectivity index (χ0v) is 16.8. The second-order valence-corrected chi connectivity index (χ2v) is 7.73. The fourth-order valence-electron chi connectivity index (χ4n) is 3.55. The van der Waals surface area contributed by atoms with Gasteiger partial charge < -0.3 is 25.4 Å². The van der Waals surface area contributed by atoms with Gasteiger partial charge in [-0.2, -0.15) is 0 Å². The summed E-state index contributed by atoms with van der Waals surface area (Å²) in [6.45, 7) is 4.15. The van der Waals surface area contributed by atoms with Gasteiger partial charge in [-0.05, 0) is 42.5 Å². The van der Waals surface area contributed by atoms with Crippen LogP contribution in [0.1, 0.15) is 43.7 Å². The molecule has 1 atom stereocenters. The smallest absolute Gasteiger partial charge is 0.264 e. The van der Waals surface area contributed by atoms with Gasteiger partial charge in [-0.25, -0.2) is 0 Å². The number of phenolic OH excluding ortho intramolecular Hbond substituents is 1. The molecule has 3 N–H and O–H groups in total. The monoisotopic (exact) mass is 394 g/mol. The van der Waals surface area contributed by atoms with Crippen LogP contribution in [0.15, 0.2) is 42.9 Å². The van der Waals surface area contributed by atoms with Crippen LogP contribution in [0, 0.1) is 0 Å². The summed E-state index contributed by atoms with van der Waals surface area (Å²) in [6, 6.07) is 7.54. The minimum absolute atomic E-state index is 0.0939. The van der Waals surface area contributed by atoms with E-state index in [-0.39, 0.29) is 23.6 Å². The Labute approximate surface area is 170 Å². The number of phenols is 1. The van der Waals surface area contributed by atoms with Gasteiger partial charge in [-0.15, -0.1) is 0 Å². The van der Waals surface area contributed by atoms with Crippen molar-refractivity contribution in [1.29, 1.82) is 0 Å². The molecule has 1 unspecified atom stereocenters. The second-order valence-electron chi connectivity index (χ2n) is 7.73. The van der Waals surface area contributed by atoms with Crippen molar-refractivity contribution in [2.75, 3.05) is 12.0 Å². The first-order valence-corrected chi connectivity index (χ1v) is 9.86. The van der Waals surface area contributed by atoms with Crippen LogP contribution in [0.5, 0.6) is 11.5 Å². The molecule has 0 spiro atoms. The van der Waals surface area contributed by atoms with Crippen LogP contribution in [0.3, 0.4) is 0 Å². The normalized spacial score (nSPS) is 18.4. The Kier molecular flexibility index (Phi) is 5.05. The Balaban J connectivity index is 1.75. The summed E-state index contributed by atoms with van der Waals surface area (Å²) in [7, 11) is 1.59. The molecule has 152 valence electrons. The number of methoxy groups -OCH3 is 1. The summed E-state index contributed by atoms with van der Waals surface area (Å²) in [5, 5.41) is 17.0. The third kappa shape index (κ3) is 3.72. The molecule has 2 aromatic rings. The molecule has 1 amide bonds. The Morgan fingerprint density at radius 2 is 2.17 bits per heavy atom. The van der Waals surface area contributed by atoms with Crippen LogP contribution >= 0.6 is 0 Å². The van der Waals surface area contributed by atoms with E-state index in [1.807, 2.05) is 23.1 Å². The molecule has 1 aliphatic carbocycles. The predicted molar refractivity (Wildman–Crippen MR) is 112 cm³/mol. The number of nitrogens with one attached hydrogen (secondary N) is 2. The van der Waals surface area contributed by atoms with Gasteiger partial charge in [0.2, 0.25) is 0 Å².